The zero-order chi connectivity index (χ0) is 24.2. The fraction of sp³-hybridized carbons (Fsp3) is 0.217. The van der Waals surface area contributed by atoms with Crippen molar-refractivity contribution in [2.75, 3.05) is 24.9 Å². The molecule has 0 fully saturated rings. The maximum Gasteiger partial charge on any atom is 0.257 e. The van der Waals surface area contributed by atoms with Crippen molar-refractivity contribution in [2.45, 2.75) is 23.2 Å². The van der Waals surface area contributed by atoms with Crippen LogP contribution in [-0.2, 0) is 15.3 Å². The molecule has 0 spiro atoms. The number of ether oxygens (including phenoxy) is 2. The molecule has 2 amide bonds. The van der Waals surface area contributed by atoms with Crippen LogP contribution in [0.15, 0.2) is 52.4 Å². The first-order chi connectivity index (χ1) is 16.4. The van der Waals surface area contributed by atoms with E-state index in [0.29, 0.717) is 22.9 Å². The van der Waals surface area contributed by atoms with Crippen LogP contribution in [0.1, 0.15) is 23.5 Å². The summed E-state index contributed by atoms with van der Waals surface area (Å²) in [5, 5.41) is 5.57. The first kappa shape index (κ1) is 23.3. The van der Waals surface area contributed by atoms with Crippen LogP contribution in [0.5, 0.6) is 11.5 Å². The number of halogens is 1. The number of aromatic amines is 1. The van der Waals surface area contributed by atoms with Crippen LogP contribution in [0.25, 0.3) is 0 Å². The molecule has 4 rings (SSSR count). The first-order valence-electron chi connectivity index (χ1n) is 10.2. The number of thioether (sulfide) groups is 1. The van der Waals surface area contributed by atoms with Gasteiger partial charge in [-0.05, 0) is 29.8 Å². The molecule has 34 heavy (non-hydrogen) atoms. The summed E-state index contributed by atoms with van der Waals surface area (Å²) in [6.45, 7) is 0. The SMILES string of the molecule is COc1ccc(NC(=O)C2CC(=O)Nc3nc(SCc4ccc(F)cc4)[nH]c(=O)c32)c(OC)c1. The van der Waals surface area contributed by atoms with Gasteiger partial charge in [0, 0.05) is 18.2 Å². The molecule has 1 atom stereocenters. The Morgan fingerprint density at radius 1 is 1.18 bits per heavy atom. The van der Waals surface area contributed by atoms with Crippen LogP contribution >= 0.6 is 11.8 Å². The summed E-state index contributed by atoms with van der Waals surface area (Å²) in [6.07, 6.45) is -0.204. The van der Waals surface area contributed by atoms with Gasteiger partial charge in [0.1, 0.15) is 23.1 Å². The van der Waals surface area contributed by atoms with E-state index in [1.54, 1.807) is 30.3 Å². The average molecular weight is 485 g/mol. The van der Waals surface area contributed by atoms with E-state index in [0.717, 1.165) is 5.56 Å². The minimum atomic E-state index is -1.04. The number of methoxy groups -OCH3 is 2. The lowest BCUT2D eigenvalue weighted by atomic mass is 9.92. The Morgan fingerprint density at radius 3 is 2.65 bits per heavy atom. The molecule has 0 aliphatic carbocycles. The van der Waals surface area contributed by atoms with Crippen LogP contribution in [0.4, 0.5) is 15.9 Å². The Hall–Kier alpha value is -3.86. The predicted molar refractivity (Wildman–Crippen MR) is 125 cm³/mol. The van der Waals surface area contributed by atoms with E-state index in [-0.39, 0.29) is 28.8 Å². The Kier molecular flexibility index (Phi) is 6.82. The molecule has 0 saturated carbocycles. The highest BCUT2D eigenvalue weighted by atomic mass is 32.2. The number of rotatable bonds is 7. The number of benzene rings is 2. The van der Waals surface area contributed by atoms with E-state index in [1.807, 2.05) is 0 Å². The zero-order valence-corrected chi connectivity index (χ0v) is 19.1. The Labute approximate surface area is 198 Å². The van der Waals surface area contributed by atoms with Gasteiger partial charge >= 0.3 is 0 Å². The predicted octanol–water partition coefficient (Wildman–Crippen LogP) is 3.28. The monoisotopic (exact) mass is 484 g/mol. The van der Waals surface area contributed by atoms with E-state index in [4.69, 9.17) is 9.47 Å². The van der Waals surface area contributed by atoms with Crippen molar-refractivity contribution in [2.24, 2.45) is 0 Å². The second kappa shape index (κ2) is 9.96. The van der Waals surface area contributed by atoms with E-state index < -0.39 is 23.3 Å². The van der Waals surface area contributed by atoms with Gasteiger partial charge in [-0.15, -0.1) is 0 Å². The molecule has 2 aromatic carbocycles. The summed E-state index contributed by atoms with van der Waals surface area (Å²) in [7, 11) is 2.96. The minimum Gasteiger partial charge on any atom is -0.497 e. The summed E-state index contributed by atoms with van der Waals surface area (Å²) in [4.78, 5) is 45.3. The summed E-state index contributed by atoms with van der Waals surface area (Å²) < 4.78 is 23.5. The molecule has 3 N–H and O–H groups in total. The first-order valence-corrected chi connectivity index (χ1v) is 11.2. The van der Waals surface area contributed by atoms with Crippen LogP contribution in [0.3, 0.4) is 0 Å². The number of nitrogens with one attached hydrogen (secondary N) is 3. The number of fused-ring (bicyclic) bond motifs is 1. The Balaban J connectivity index is 1.57. The second-order valence-electron chi connectivity index (χ2n) is 7.41. The van der Waals surface area contributed by atoms with E-state index >= 15 is 0 Å². The molecule has 0 bridgehead atoms. The van der Waals surface area contributed by atoms with Crippen LogP contribution in [-0.4, -0.2) is 36.0 Å². The van der Waals surface area contributed by atoms with Crippen molar-refractivity contribution in [3.63, 3.8) is 0 Å². The van der Waals surface area contributed by atoms with Crippen molar-refractivity contribution in [3.8, 4) is 11.5 Å². The van der Waals surface area contributed by atoms with Crippen LogP contribution in [0.2, 0.25) is 0 Å². The molecule has 1 aromatic heterocycles. The molecule has 2 heterocycles. The molecule has 1 aliphatic heterocycles. The van der Waals surface area contributed by atoms with E-state index in [2.05, 4.69) is 20.6 Å². The third-order valence-electron chi connectivity index (χ3n) is 5.20. The number of carbonyl (C=O) groups excluding carboxylic acids is 2. The fourth-order valence-electron chi connectivity index (χ4n) is 3.50. The largest absolute Gasteiger partial charge is 0.497 e. The number of H-pyrrole nitrogens is 1. The van der Waals surface area contributed by atoms with Gasteiger partial charge in [0.2, 0.25) is 11.8 Å². The molecular formula is C23H21FN4O5S. The third-order valence-corrected chi connectivity index (χ3v) is 6.15. The number of amides is 2. The molecule has 0 radical (unpaired) electrons. The summed E-state index contributed by atoms with van der Waals surface area (Å²) in [6, 6.07) is 10.8. The van der Waals surface area contributed by atoms with Gasteiger partial charge in [-0.1, -0.05) is 23.9 Å². The van der Waals surface area contributed by atoms with Crippen molar-refractivity contribution >= 4 is 35.1 Å². The highest BCUT2D eigenvalue weighted by Crippen LogP contribution is 2.33. The maximum atomic E-state index is 13.1. The van der Waals surface area contributed by atoms with Crippen molar-refractivity contribution < 1.29 is 23.5 Å². The summed E-state index contributed by atoms with van der Waals surface area (Å²) in [5.74, 6) is -0.964. The van der Waals surface area contributed by atoms with Crippen molar-refractivity contribution in [1.29, 1.82) is 0 Å². The number of anilines is 2. The Bertz CT molecular complexity index is 1300. The minimum absolute atomic E-state index is 0.0449. The summed E-state index contributed by atoms with van der Waals surface area (Å²) in [5.41, 5.74) is 0.766. The second-order valence-corrected chi connectivity index (χ2v) is 8.37. The van der Waals surface area contributed by atoms with Gasteiger partial charge in [-0.25, -0.2) is 9.37 Å². The van der Waals surface area contributed by atoms with Crippen molar-refractivity contribution in [1.82, 2.24) is 9.97 Å². The molecule has 11 heteroatoms. The van der Waals surface area contributed by atoms with Gasteiger partial charge in [-0.3, -0.25) is 14.4 Å². The molecule has 176 valence electrons. The standard InChI is InChI=1S/C23H21FN4O5S/c1-32-14-7-8-16(17(9-14)33-2)25-21(30)15-10-18(29)26-20-19(15)22(31)28-23(27-20)34-11-12-3-5-13(24)6-4-12/h3-9,15H,10-11H2,1-2H3,(H,25,30)(H2,26,27,28,29,31). The number of hydrogen-bond donors (Lipinski definition) is 3. The highest BCUT2D eigenvalue weighted by molar-refractivity contribution is 7.98. The van der Waals surface area contributed by atoms with Gasteiger partial charge in [-0.2, -0.15) is 0 Å². The average Bonchev–Trinajstić information content (AvgIpc) is 2.83. The lowest BCUT2D eigenvalue weighted by Crippen LogP contribution is -2.36. The maximum absolute atomic E-state index is 13.1. The molecule has 0 saturated heterocycles. The van der Waals surface area contributed by atoms with Crippen LogP contribution < -0.4 is 25.7 Å². The van der Waals surface area contributed by atoms with Gasteiger partial charge in [0.05, 0.1) is 31.4 Å². The molecule has 1 aliphatic rings. The summed E-state index contributed by atoms with van der Waals surface area (Å²) >= 11 is 1.22. The number of nitrogens with zero attached hydrogens (tertiary/aromatic N) is 1. The molecule has 1 unspecified atom stereocenters. The number of carbonyl (C=O) groups is 2. The Morgan fingerprint density at radius 2 is 1.94 bits per heavy atom. The normalized spacial score (nSPS) is 14.7. The smallest absolute Gasteiger partial charge is 0.257 e. The molecular weight excluding hydrogens is 463 g/mol. The van der Waals surface area contributed by atoms with Crippen molar-refractivity contribution in [3.05, 3.63) is 69.8 Å². The zero-order valence-electron chi connectivity index (χ0n) is 18.3. The fourth-order valence-corrected chi connectivity index (χ4v) is 4.31. The van der Waals surface area contributed by atoms with E-state index in [9.17, 15) is 18.8 Å². The van der Waals surface area contributed by atoms with Gasteiger partial charge < -0.3 is 25.1 Å². The highest BCUT2D eigenvalue weighted by Gasteiger charge is 2.35. The van der Waals surface area contributed by atoms with E-state index in [1.165, 1.54) is 38.1 Å². The number of aromatic nitrogens is 2. The third kappa shape index (κ3) is 5.04. The quantitative estimate of drug-likeness (QED) is 0.347. The van der Waals surface area contributed by atoms with Crippen LogP contribution in [0, 0.1) is 5.82 Å². The molecule has 9 nitrogen and oxygen atoms in total. The number of hydrogen-bond acceptors (Lipinski definition) is 7. The lowest BCUT2D eigenvalue weighted by Gasteiger charge is -2.24. The van der Waals surface area contributed by atoms with Gasteiger partial charge in [0.25, 0.3) is 5.56 Å². The molecule has 3 aromatic rings. The lowest BCUT2D eigenvalue weighted by molar-refractivity contribution is -0.123. The van der Waals surface area contributed by atoms with Gasteiger partial charge in [0.15, 0.2) is 5.16 Å². The topological polar surface area (TPSA) is 122 Å².